The van der Waals surface area contributed by atoms with E-state index in [-0.39, 0.29) is 6.10 Å². The van der Waals surface area contributed by atoms with Crippen LogP contribution in [0.4, 0.5) is 0 Å². The van der Waals surface area contributed by atoms with E-state index in [1.54, 1.807) is 12.1 Å². The number of nitrogens with one attached hydrogen (secondary N) is 1. The molecule has 0 aliphatic heterocycles. The van der Waals surface area contributed by atoms with Crippen LogP contribution < -0.4 is 10.1 Å². The summed E-state index contributed by atoms with van der Waals surface area (Å²) in [5.41, 5.74) is 0.654. The summed E-state index contributed by atoms with van der Waals surface area (Å²) in [6, 6.07) is 9.23. The van der Waals surface area contributed by atoms with E-state index in [0.717, 1.165) is 18.8 Å². The molecular formula is C12H16N2O. The van der Waals surface area contributed by atoms with E-state index in [1.165, 1.54) is 0 Å². The Morgan fingerprint density at radius 3 is 2.60 bits per heavy atom. The maximum absolute atomic E-state index is 8.63. The summed E-state index contributed by atoms with van der Waals surface area (Å²) in [6.07, 6.45) is 0.137. The van der Waals surface area contributed by atoms with Crippen LogP contribution >= 0.6 is 0 Å². The quantitative estimate of drug-likeness (QED) is 0.797. The van der Waals surface area contributed by atoms with Crippen molar-refractivity contribution < 1.29 is 4.74 Å². The maximum atomic E-state index is 8.63. The lowest BCUT2D eigenvalue weighted by Gasteiger charge is -2.14. The average Bonchev–Trinajstić information content (AvgIpc) is 2.27. The minimum absolute atomic E-state index is 0.137. The lowest BCUT2D eigenvalue weighted by molar-refractivity contribution is 0.218. The van der Waals surface area contributed by atoms with Crippen molar-refractivity contribution in [3.05, 3.63) is 29.8 Å². The van der Waals surface area contributed by atoms with E-state index >= 15 is 0 Å². The highest BCUT2D eigenvalue weighted by Gasteiger charge is 2.02. The Labute approximate surface area is 90.7 Å². The Kier molecular flexibility index (Phi) is 4.65. The topological polar surface area (TPSA) is 45.0 Å². The summed E-state index contributed by atoms with van der Waals surface area (Å²) >= 11 is 0. The van der Waals surface area contributed by atoms with Crippen molar-refractivity contribution in [2.24, 2.45) is 0 Å². The van der Waals surface area contributed by atoms with Crippen LogP contribution in [0.5, 0.6) is 5.75 Å². The first-order valence-corrected chi connectivity index (χ1v) is 5.13. The van der Waals surface area contributed by atoms with Gasteiger partial charge in [-0.1, -0.05) is 6.92 Å². The average molecular weight is 204 g/mol. The molecule has 0 spiro atoms. The fraction of sp³-hybridized carbons (Fsp3) is 0.417. The first kappa shape index (κ1) is 11.5. The largest absolute Gasteiger partial charge is 0.489 e. The monoisotopic (exact) mass is 204 g/mol. The van der Waals surface area contributed by atoms with E-state index < -0.39 is 0 Å². The van der Waals surface area contributed by atoms with E-state index in [0.29, 0.717) is 5.56 Å². The Hall–Kier alpha value is -1.53. The van der Waals surface area contributed by atoms with Crippen LogP contribution in [0.3, 0.4) is 0 Å². The molecule has 0 radical (unpaired) electrons. The van der Waals surface area contributed by atoms with Gasteiger partial charge in [0.1, 0.15) is 11.9 Å². The highest BCUT2D eigenvalue weighted by atomic mass is 16.5. The fourth-order valence-corrected chi connectivity index (χ4v) is 1.23. The lowest BCUT2D eigenvalue weighted by Crippen LogP contribution is -2.28. The van der Waals surface area contributed by atoms with E-state index in [2.05, 4.69) is 18.3 Å². The van der Waals surface area contributed by atoms with Crippen molar-refractivity contribution in [1.29, 1.82) is 5.26 Å². The SMILES string of the molecule is CCNC[C@@H](C)Oc1ccc(C#N)cc1. The van der Waals surface area contributed by atoms with Gasteiger partial charge >= 0.3 is 0 Å². The molecule has 1 aromatic rings. The molecule has 0 aliphatic carbocycles. The fourth-order valence-electron chi connectivity index (χ4n) is 1.23. The van der Waals surface area contributed by atoms with E-state index in [4.69, 9.17) is 10.00 Å². The minimum Gasteiger partial charge on any atom is -0.489 e. The van der Waals surface area contributed by atoms with Gasteiger partial charge in [0.25, 0.3) is 0 Å². The zero-order valence-corrected chi connectivity index (χ0v) is 9.16. The van der Waals surface area contributed by atoms with Gasteiger partial charge in [-0.25, -0.2) is 0 Å². The third kappa shape index (κ3) is 4.01. The van der Waals surface area contributed by atoms with Crippen LogP contribution in [0.1, 0.15) is 19.4 Å². The molecule has 0 aliphatic rings. The summed E-state index contributed by atoms with van der Waals surface area (Å²) in [5.74, 6) is 0.805. The Bertz CT molecular complexity index is 326. The third-order valence-corrected chi connectivity index (χ3v) is 2.00. The Balaban J connectivity index is 2.47. The molecule has 0 bridgehead atoms. The van der Waals surface area contributed by atoms with E-state index in [1.807, 2.05) is 19.1 Å². The van der Waals surface area contributed by atoms with Crippen molar-refractivity contribution in [3.63, 3.8) is 0 Å². The second-order valence-corrected chi connectivity index (χ2v) is 3.37. The van der Waals surface area contributed by atoms with Crippen LogP contribution in [0, 0.1) is 11.3 Å². The highest BCUT2D eigenvalue weighted by molar-refractivity contribution is 5.34. The van der Waals surface area contributed by atoms with Gasteiger partial charge < -0.3 is 10.1 Å². The van der Waals surface area contributed by atoms with Crippen molar-refractivity contribution in [2.75, 3.05) is 13.1 Å². The molecular weight excluding hydrogens is 188 g/mol. The molecule has 0 aromatic heterocycles. The van der Waals surface area contributed by atoms with Crippen LogP contribution in [-0.2, 0) is 0 Å². The smallest absolute Gasteiger partial charge is 0.119 e. The molecule has 80 valence electrons. The molecule has 1 rings (SSSR count). The second-order valence-electron chi connectivity index (χ2n) is 3.37. The summed E-state index contributed by atoms with van der Waals surface area (Å²) in [5, 5.41) is 11.8. The zero-order chi connectivity index (χ0) is 11.1. The maximum Gasteiger partial charge on any atom is 0.119 e. The molecule has 0 saturated carbocycles. The number of hydrogen-bond acceptors (Lipinski definition) is 3. The molecule has 3 heteroatoms. The van der Waals surface area contributed by atoms with Gasteiger partial charge in [-0.15, -0.1) is 0 Å². The predicted octanol–water partition coefficient (Wildman–Crippen LogP) is 1.94. The summed E-state index contributed by atoms with van der Waals surface area (Å²) in [4.78, 5) is 0. The lowest BCUT2D eigenvalue weighted by atomic mass is 10.2. The number of nitriles is 1. The van der Waals surface area contributed by atoms with Gasteiger partial charge in [-0.05, 0) is 37.7 Å². The number of rotatable bonds is 5. The molecule has 1 atom stereocenters. The Morgan fingerprint density at radius 1 is 1.40 bits per heavy atom. The van der Waals surface area contributed by atoms with Crippen molar-refractivity contribution in [3.8, 4) is 11.8 Å². The van der Waals surface area contributed by atoms with Crippen molar-refractivity contribution in [1.82, 2.24) is 5.32 Å². The van der Waals surface area contributed by atoms with Gasteiger partial charge in [0.15, 0.2) is 0 Å². The number of benzene rings is 1. The zero-order valence-electron chi connectivity index (χ0n) is 9.16. The number of nitrogens with zero attached hydrogens (tertiary/aromatic N) is 1. The Morgan fingerprint density at radius 2 is 2.07 bits per heavy atom. The summed E-state index contributed by atoms with van der Waals surface area (Å²) in [6.45, 7) is 5.85. The first-order valence-electron chi connectivity index (χ1n) is 5.13. The molecule has 1 aromatic carbocycles. The first-order chi connectivity index (χ1) is 7.26. The standard InChI is InChI=1S/C12H16N2O/c1-3-14-9-10(2)15-12-6-4-11(8-13)5-7-12/h4-7,10,14H,3,9H2,1-2H3/t10-/m1/s1. The van der Waals surface area contributed by atoms with Gasteiger partial charge in [0.2, 0.25) is 0 Å². The molecule has 0 saturated heterocycles. The summed E-state index contributed by atoms with van der Waals surface area (Å²) in [7, 11) is 0. The van der Waals surface area contributed by atoms with Gasteiger partial charge in [0, 0.05) is 6.54 Å². The van der Waals surface area contributed by atoms with Gasteiger partial charge in [-0.3, -0.25) is 0 Å². The molecule has 0 unspecified atom stereocenters. The van der Waals surface area contributed by atoms with Crippen molar-refractivity contribution in [2.45, 2.75) is 20.0 Å². The third-order valence-electron chi connectivity index (χ3n) is 2.00. The molecule has 1 N–H and O–H groups in total. The van der Waals surface area contributed by atoms with Gasteiger partial charge in [-0.2, -0.15) is 5.26 Å². The molecule has 0 amide bonds. The van der Waals surface area contributed by atoms with Crippen LogP contribution in [0.15, 0.2) is 24.3 Å². The normalized spacial score (nSPS) is 11.8. The van der Waals surface area contributed by atoms with Crippen LogP contribution in [0.25, 0.3) is 0 Å². The molecule has 15 heavy (non-hydrogen) atoms. The number of likely N-dealkylation sites (N-methyl/N-ethyl adjacent to an activating group) is 1. The predicted molar refractivity (Wildman–Crippen MR) is 59.8 cm³/mol. The van der Waals surface area contributed by atoms with Gasteiger partial charge in [0.05, 0.1) is 11.6 Å². The van der Waals surface area contributed by atoms with Crippen molar-refractivity contribution >= 4 is 0 Å². The summed E-state index contributed by atoms with van der Waals surface area (Å²) < 4.78 is 5.64. The van der Waals surface area contributed by atoms with E-state index in [9.17, 15) is 0 Å². The van der Waals surface area contributed by atoms with Crippen LogP contribution in [0.2, 0.25) is 0 Å². The molecule has 0 fully saturated rings. The second kappa shape index (κ2) is 6.05. The molecule has 0 heterocycles. The minimum atomic E-state index is 0.137. The molecule has 3 nitrogen and oxygen atoms in total. The highest BCUT2D eigenvalue weighted by Crippen LogP contribution is 2.12. The van der Waals surface area contributed by atoms with Crippen LogP contribution in [-0.4, -0.2) is 19.2 Å². The number of ether oxygens (including phenoxy) is 1. The number of hydrogen-bond donors (Lipinski definition) is 1.